The Bertz CT molecular complexity index is 202. The summed E-state index contributed by atoms with van der Waals surface area (Å²) < 4.78 is 15.7. The molecule has 0 rings (SSSR count). The van der Waals surface area contributed by atoms with Gasteiger partial charge in [-0.1, -0.05) is 19.8 Å². The van der Waals surface area contributed by atoms with Crippen LogP contribution in [0.5, 0.6) is 0 Å². The number of carbonyl (C=O) groups excluding carboxylic acids is 1. The van der Waals surface area contributed by atoms with Crippen molar-refractivity contribution in [2.45, 2.75) is 45.1 Å². The van der Waals surface area contributed by atoms with E-state index in [4.69, 9.17) is 13.6 Å². The lowest BCUT2D eigenvalue weighted by atomic mass is 10.2. The average molecular weight is 248 g/mol. The molecule has 0 radical (unpaired) electrons. The average Bonchev–Trinajstić information content (AvgIpc) is 2.25. The number of hydrogen-bond acceptors (Lipinski definition) is 4. The molecule has 5 heteroatoms. The maximum Gasteiger partial charge on any atom is 0.338 e. The van der Waals surface area contributed by atoms with Crippen molar-refractivity contribution in [3.63, 3.8) is 0 Å². The molecule has 0 aliphatic carbocycles. The summed E-state index contributed by atoms with van der Waals surface area (Å²) in [6.07, 6.45) is 3.13. The van der Waals surface area contributed by atoms with E-state index in [0.717, 1.165) is 19.3 Å². The Morgan fingerprint density at radius 2 is 1.75 bits per heavy atom. The van der Waals surface area contributed by atoms with Crippen molar-refractivity contribution >= 4 is 15.3 Å². The van der Waals surface area contributed by atoms with Crippen LogP contribution in [0.2, 0.25) is 5.04 Å². The van der Waals surface area contributed by atoms with Gasteiger partial charge < -0.3 is 13.6 Å². The minimum atomic E-state index is -1.99. The SMILES string of the molecule is CCCCCOC(=O)C(C)(C)[SiH](OC)OC. The zero-order valence-electron chi connectivity index (χ0n) is 11.0. The second kappa shape index (κ2) is 7.81. The van der Waals surface area contributed by atoms with Crippen LogP contribution in [0.15, 0.2) is 0 Å². The fourth-order valence-electron chi connectivity index (χ4n) is 1.48. The third kappa shape index (κ3) is 4.63. The van der Waals surface area contributed by atoms with Gasteiger partial charge >= 0.3 is 15.3 Å². The molecular weight excluding hydrogens is 224 g/mol. The van der Waals surface area contributed by atoms with Crippen LogP contribution in [-0.4, -0.2) is 36.1 Å². The molecule has 0 bridgehead atoms. The molecule has 4 nitrogen and oxygen atoms in total. The van der Waals surface area contributed by atoms with E-state index in [2.05, 4.69) is 6.92 Å². The molecule has 0 amide bonds. The fourth-order valence-corrected chi connectivity index (χ4v) is 3.13. The molecule has 0 aromatic carbocycles. The Labute approximate surface area is 100 Å². The Kier molecular flexibility index (Phi) is 7.62. The zero-order valence-corrected chi connectivity index (χ0v) is 12.2. The summed E-state index contributed by atoms with van der Waals surface area (Å²) in [5.41, 5.74) is 0. The van der Waals surface area contributed by atoms with Crippen LogP contribution < -0.4 is 0 Å². The largest absolute Gasteiger partial charge is 0.465 e. The highest BCUT2D eigenvalue weighted by atomic mass is 28.3. The molecular formula is C11H24O4Si. The van der Waals surface area contributed by atoms with Gasteiger partial charge in [0.1, 0.15) is 5.04 Å². The van der Waals surface area contributed by atoms with Crippen LogP contribution in [-0.2, 0) is 18.4 Å². The summed E-state index contributed by atoms with van der Waals surface area (Å²) >= 11 is 0. The van der Waals surface area contributed by atoms with Gasteiger partial charge in [0.2, 0.25) is 0 Å². The van der Waals surface area contributed by atoms with Crippen LogP contribution in [0.25, 0.3) is 0 Å². The van der Waals surface area contributed by atoms with E-state index in [1.807, 2.05) is 13.8 Å². The Morgan fingerprint density at radius 3 is 2.19 bits per heavy atom. The molecule has 16 heavy (non-hydrogen) atoms. The summed E-state index contributed by atoms with van der Waals surface area (Å²) in [5.74, 6) is -0.219. The van der Waals surface area contributed by atoms with E-state index >= 15 is 0 Å². The van der Waals surface area contributed by atoms with Crippen molar-refractivity contribution in [2.75, 3.05) is 20.8 Å². The van der Waals surface area contributed by atoms with Crippen molar-refractivity contribution in [3.05, 3.63) is 0 Å². The monoisotopic (exact) mass is 248 g/mol. The molecule has 0 unspecified atom stereocenters. The van der Waals surface area contributed by atoms with E-state index in [1.165, 1.54) is 0 Å². The van der Waals surface area contributed by atoms with Crippen molar-refractivity contribution in [1.29, 1.82) is 0 Å². The van der Waals surface area contributed by atoms with Crippen molar-refractivity contribution in [3.8, 4) is 0 Å². The number of unbranched alkanes of at least 4 members (excludes halogenated alkanes) is 2. The minimum Gasteiger partial charge on any atom is -0.465 e. The van der Waals surface area contributed by atoms with Crippen LogP contribution in [0.3, 0.4) is 0 Å². The third-order valence-corrected chi connectivity index (χ3v) is 4.80. The fraction of sp³-hybridized carbons (Fsp3) is 0.909. The number of ether oxygens (including phenoxy) is 1. The first kappa shape index (κ1) is 15.6. The van der Waals surface area contributed by atoms with Gasteiger partial charge in [0.25, 0.3) is 0 Å². The van der Waals surface area contributed by atoms with E-state index in [0.29, 0.717) is 6.61 Å². The van der Waals surface area contributed by atoms with Gasteiger partial charge in [-0.05, 0) is 20.3 Å². The molecule has 0 saturated heterocycles. The zero-order chi connectivity index (χ0) is 12.6. The van der Waals surface area contributed by atoms with Gasteiger partial charge in [-0.3, -0.25) is 4.79 Å². The molecule has 0 aliphatic rings. The summed E-state index contributed by atoms with van der Waals surface area (Å²) in [6, 6.07) is 0. The van der Waals surface area contributed by atoms with Crippen LogP contribution in [0, 0.1) is 0 Å². The predicted molar refractivity (Wildman–Crippen MR) is 65.7 cm³/mol. The summed E-state index contributed by atoms with van der Waals surface area (Å²) in [7, 11) is 1.16. The number of carbonyl (C=O) groups is 1. The molecule has 0 aliphatic heterocycles. The van der Waals surface area contributed by atoms with E-state index in [1.54, 1.807) is 14.2 Å². The van der Waals surface area contributed by atoms with Crippen LogP contribution in [0.1, 0.15) is 40.0 Å². The molecule has 0 N–H and O–H groups in total. The first-order valence-corrected chi connectivity index (χ1v) is 7.25. The molecule has 0 atom stereocenters. The second-order valence-electron chi connectivity index (χ2n) is 4.37. The topological polar surface area (TPSA) is 44.8 Å². The molecule has 96 valence electrons. The van der Waals surface area contributed by atoms with Gasteiger partial charge in [-0.25, -0.2) is 0 Å². The molecule has 0 saturated carbocycles. The second-order valence-corrected chi connectivity index (χ2v) is 7.42. The third-order valence-electron chi connectivity index (χ3n) is 2.52. The van der Waals surface area contributed by atoms with E-state index in [9.17, 15) is 4.79 Å². The van der Waals surface area contributed by atoms with Crippen molar-refractivity contribution < 1.29 is 18.4 Å². The van der Waals surface area contributed by atoms with Crippen LogP contribution in [0.4, 0.5) is 0 Å². The Balaban J connectivity index is 4.12. The number of hydrogen-bond donors (Lipinski definition) is 0. The highest BCUT2D eigenvalue weighted by Crippen LogP contribution is 2.30. The minimum absolute atomic E-state index is 0.219. The Hall–Kier alpha value is -0.393. The summed E-state index contributed by atoms with van der Waals surface area (Å²) in [5, 5.41) is -0.643. The predicted octanol–water partition coefficient (Wildman–Crippen LogP) is 2.01. The number of rotatable bonds is 8. The highest BCUT2D eigenvalue weighted by Gasteiger charge is 2.41. The lowest BCUT2D eigenvalue weighted by Gasteiger charge is -2.27. The lowest BCUT2D eigenvalue weighted by Crippen LogP contribution is -2.39. The maximum absolute atomic E-state index is 11.8. The molecule has 0 aromatic rings. The van der Waals surface area contributed by atoms with Crippen molar-refractivity contribution in [2.24, 2.45) is 0 Å². The summed E-state index contributed by atoms with van der Waals surface area (Å²) in [6.45, 7) is 6.24. The van der Waals surface area contributed by atoms with E-state index < -0.39 is 14.3 Å². The summed E-state index contributed by atoms with van der Waals surface area (Å²) in [4.78, 5) is 11.8. The standard InChI is InChI=1S/C11H24O4Si/c1-6-7-8-9-15-10(12)11(2,3)16(13-4)14-5/h16H,6-9H2,1-5H3. The maximum atomic E-state index is 11.8. The Morgan fingerprint density at radius 1 is 1.19 bits per heavy atom. The number of esters is 1. The molecule has 0 heterocycles. The quantitative estimate of drug-likeness (QED) is 0.374. The van der Waals surface area contributed by atoms with Gasteiger partial charge in [0, 0.05) is 14.2 Å². The van der Waals surface area contributed by atoms with Gasteiger partial charge in [0.05, 0.1) is 6.61 Å². The molecule has 0 fully saturated rings. The lowest BCUT2D eigenvalue weighted by molar-refractivity contribution is -0.147. The molecule has 0 spiro atoms. The molecule has 0 aromatic heterocycles. The van der Waals surface area contributed by atoms with Gasteiger partial charge in [-0.15, -0.1) is 0 Å². The smallest absolute Gasteiger partial charge is 0.338 e. The van der Waals surface area contributed by atoms with Gasteiger partial charge in [-0.2, -0.15) is 0 Å². The normalized spacial score (nSPS) is 11.9. The van der Waals surface area contributed by atoms with E-state index in [-0.39, 0.29) is 5.97 Å². The highest BCUT2D eigenvalue weighted by molar-refractivity contribution is 6.53. The first-order valence-electron chi connectivity index (χ1n) is 5.73. The first-order chi connectivity index (χ1) is 7.50. The van der Waals surface area contributed by atoms with Gasteiger partial charge in [0.15, 0.2) is 0 Å². The van der Waals surface area contributed by atoms with Crippen LogP contribution >= 0.6 is 0 Å². The van der Waals surface area contributed by atoms with Crippen molar-refractivity contribution in [1.82, 2.24) is 0 Å².